The average Bonchev–Trinajstić information content (AvgIpc) is 3.22. The molecule has 0 spiro atoms. The van der Waals surface area contributed by atoms with Crippen LogP contribution in [-0.2, 0) is 22.6 Å². The van der Waals surface area contributed by atoms with E-state index in [0.29, 0.717) is 16.9 Å². The van der Waals surface area contributed by atoms with Crippen molar-refractivity contribution in [1.82, 2.24) is 9.55 Å². The number of imidazole rings is 1. The molecule has 0 saturated heterocycles. The topological polar surface area (TPSA) is 56.3 Å². The molecule has 0 aliphatic rings. The first-order valence-corrected chi connectivity index (χ1v) is 12.0. The minimum absolute atomic E-state index is 0.0649. The van der Waals surface area contributed by atoms with E-state index in [4.69, 9.17) is 6.57 Å². The molecule has 5 nitrogen and oxygen atoms in total. The fraction of sp³-hybridized carbons (Fsp3) is 0.120. The number of aromatic nitrogens is 2. The van der Waals surface area contributed by atoms with Crippen LogP contribution < -0.4 is 0 Å². The van der Waals surface area contributed by atoms with E-state index >= 15 is 0 Å². The van der Waals surface area contributed by atoms with Crippen LogP contribution in [0.5, 0.6) is 0 Å². The summed E-state index contributed by atoms with van der Waals surface area (Å²) in [6.07, 6.45) is -1.88. The maximum atomic E-state index is 13.7. The minimum Gasteiger partial charge on any atom is -0.310 e. The number of benzene rings is 3. The molecule has 0 fully saturated rings. The highest BCUT2D eigenvalue weighted by atomic mass is 32.2. The standard InChI is InChI=1S/C25H18F3N3O2S/c1-29-15-19-16-31(24(30-19)22-8-3-4-9-23(22)25(26,27)28)20-12-10-17(11-13-20)18-6-5-7-21(14-18)34(2,32)33/h3-14,16H,15H2,2H3. The molecule has 0 bridgehead atoms. The second-order valence-electron chi connectivity index (χ2n) is 7.63. The van der Waals surface area contributed by atoms with Crippen molar-refractivity contribution in [2.45, 2.75) is 17.6 Å². The molecule has 0 aliphatic carbocycles. The van der Waals surface area contributed by atoms with Gasteiger partial charge < -0.3 is 4.85 Å². The fourth-order valence-corrected chi connectivity index (χ4v) is 4.29. The Bertz CT molecular complexity index is 1500. The Hall–Kier alpha value is -3.90. The van der Waals surface area contributed by atoms with Gasteiger partial charge >= 0.3 is 6.18 Å². The molecule has 0 N–H and O–H groups in total. The third-order valence-corrected chi connectivity index (χ3v) is 6.32. The van der Waals surface area contributed by atoms with E-state index in [2.05, 4.69) is 9.83 Å². The van der Waals surface area contributed by atoms with Crippen molar-refractivity contribution < 1.29 is 21.6 Å². The van der Waals surface area contributed by atoms with E-state index in [1.807, 2.05) is 0 Å². The van der Waals surface area contributed by atoms with Gasteiger partial charge in [-0.1, -0.05) is 42.5 Å². The summed E-state index contributed by atoms with van der Waals surface area (Å²) in [6, 6.07) is 18.6. The lowest BCUT2D eigenvalue weighted by Gasteiger charge is -2.14. The van der Waals surface area contributed by atoms with Crippen molar-refractivity contribution in [2.24, 2.45) is 0 Å². The van der Waals surface area contributed by atoms with E-state index in [-0.39, 0.29) is 22.8 Å². The second-order valence-corrected chi connectivity index (χ2v) is 9.65. The summed E-state index contributed by atoms with van der Waals surface area (Å²) >= 11 is 0. The summed E-state index contributed by atoms with van der Waals surface area (Å²) in [5.41, 5.74) is 1.44. The van der Waals surface area contributed by atoms with Crippen molar-refractivity contribution in [3.05, 3.63) is 102 Å². The second kappa shape index (κ2) is 8.80. The monoisotopic (exact) mass is 481 g/mol. The van der Waals surface area contributed by atoms with Gasteiger partial charge in [-0.05, 0) is 41.5 Å². The molecule has 1 aromatic heterocycles. The lowest BCUT2D eigenvalue weighted by Crippen LogP contribution is -2.08. The quantitative estimate of drug-likeness (QED) is 0.326. The van der Waals surface area contributed by atoms with Crippen molar-refractivity contribution in [2.75, 3.05) is 6.26 Å². The molecular weight excluding hydrogens is 463 g/mol. The Morgan fingerprint density at radius 2 is 1.68 bits per heavy atom. The maximum absolute atomic E-state index is 13.7. The van der Waals surface area contributed by atoms with Gasteiger partial charge in [-0.2, -0.15) is 13.2 Å². The van der Waals surface area contributed by atoms with Crippen molar-refractivity contribution in [3.63, 3.8) is 0 Å². The molecule has 9 heteroatoms. The zero-order valence-electron chi connectivity index (χ0n) is 17.9. The third kappa shape index (κ3) is 4.72. The van der Waals surface area contributed by atoms with Gasteiger partial charge in [0.05, 0.1) is 10.5 Å². The van der Waals surface area contributed by atoms with Crippen LogP contribution in [0.3, 0.4) is 0 Å². The van der Waals surface area contributed by atoms with Crippen LogP contribution in [-0.4, -0.2) is 24.2 Å². The maximum Gasteiger partial charge on any atom is 0.417 e. The van der Waals surface area contributed by atoms with Gasteiger partial charge in [-0.3, -0.25) is 4.57 Å². The van der Waals surface area contributed by atoms with Crippen molar-refractivity contribution >= 4 is 9.84 Å². The summed E-state index contributed by atoms with van der Waals surface area (Å²) in [6.45, 7) is 7.04. The molecule has 0 aliphatic heterocycles. The summed E-state index contributed by atoms with van der Waals surface area (Å²) < 4.78 is 66.2. The van der Waals surface area contributed by atoms with Gasteiger partial charge in [0.2, 0.25) is 0 Å². The predicted molar refractivity (Wildman–Crippen MR) is 123 cm³/mol. The minimum atomic E-state index is -4.57. The van der Waals surface area contributed by atoms with Gasteiger partial charge in [-0.25, -0.2) is 20.0 Å². The molecule has 172 valence electrons. The van der Waals surface area contributed by atoms with Crippen LogP contribution in [0, 0.1) is 6.57 Å². The Kier molecular flexibility index (Phi) is 6.02. The van der Waals surface area contributed by atoms with Crippen LogP contribution in [0.25, 0.3) is 33.0 Å². The van der Waals surface area contributed by atoms with Crippen LogP contribution in [0.4, 0.5) is 13.2 Å². The summed E-state index contributed by atoms with van der Waals surface area (Å²) in [5, 5.41) is 0. The molecular formula is C25H18F3N3O2S. The lowest BCUT2D eigenvalue weighted by molar-refractivity contribution is -0.137. The molecule has 0 saturated carbocycles. The van der Waals surface area contributed by atoms with Gasteiger partial charge in [-0.15, -0.1) is 0 Å². The first-order chi connectivity index (χ1) is 16.1. The van der Waals surface area contributed by atoms with E-state index in [1.165, 1.54) is 28.8 Å². The number of hydrogen-bond donors (Lipinski definition) is 0. The summed E-state index contributed by atoms with van der Waals surface area (Å²) in [7, 11) is -3.37. The van der Waals surface area contributed by atoms with Gasteiger partial charge in [0.15, 0.2) is 9.84 Å². The predicted octanol–water partition coefficient (Wildman–Crippen LogP) is 6.05. The number of nitrogens with zero attached hydrogens (tertiary/aromatic N) is 3. The third-order valence-electron chi connectivity index (χ3n) is 5.21. The van der Waals surface area contributed by atoms with Crippen molar-refractivity contribution in [3.8, 4) is 28.2 Å². The normalized spacial score (nSPS) is 11.9. The van der Waals surface area contributed by atoms with Gasteiger partial charge in [0, 0.05) is 23.7 Å². The highest BCUT2D eigenvalue weighted by Gasteiger charge is 2.34. The largest absolute Gasteiger partial charge is 0.417 e. The summed E-state index contributed by atoms with van der Waals surface area (Å²) in [5.74, 6) is 0.0819. The molecule has 34 heavy (non-hydrogen) atoms. The first kappa shape index (κ1) is 23.3. The van der Waals surface area contributed by atoms with E-state index < -0.39 is 21.6 Å². The van der Waals surface area contributed by atoms with Gasteiger partial charge in [0.25, 0.3) is 6.54 Å². The van der Waals surface area contributed by atoms with E-state index in [1.54, 1.807) is 48.7 Å². The first-order valence-electron chi connectivity index (χ1n) is 10.1. The Labute approximate surface area is 194 Å². The van der Waals surface area contributed by atoms with E-state index in [0.717, 1.165) is 17.9 Å². The molecule has 0 atom stereocenters. The zero-order chi connectivity index (χ0) is 24.5. The SMILES string of the molecule is [C-]#[N+]Cc1cn(-c2ccc(-c3cccc(S(C)(=O)=O)c3)cc2)c(-c2ccccc2C(F)(F)F)n1. The molecule has 1 heterocycles. The average molecular weight is 481 g/mol. The molecule has 0 radical (unpaired) electrons. The Morgan fingerprint density at radius 3 is 2.32 bits per heavy atom. The number of sulfone groups is 1. The molecule has 0 unspecified atom stereocenters. The molecule has 0 amide bonds. The van der Waals surface area contributed by atoms with Crippen molar-refractivity contribution in [1.29, 1.82) is 0 Å². The smallest absolute Gasteiger partial charge is 0.310 e. The number of halogens is 3. The number of rotatable bonds is 5. The lowest BCUT2D eigenvalue weighted by atomic mass is 10.0. The van der Waals surface area contributed by atoms with Crippen LogP contribution >= 0.6 is 0 Å². The fourth-order valence-electron chi connectivity index (χ4n) is 3.62. The Balaban J connectivity index is 1.81. The van der Waals surface area contributed by atoms with Crippen LogP contribution in [0.15, 0.2) is 83.9 Å². The number of alkyl halides is 3. The van der Waals surface area contributed by atoms with Crippen LogP contribution in [0.2, 0.25) is 0 Å². The van der Waals surface area contributed by atoms with Crippen LogP contribution in [0.1, 0.15) is 11.3 Å². The zero-order valence-corrected chi connectivity index (χ0v) is 18.7. The van der Waals surface area contributed by atoms with Gasteiger partial charge in [0.1, 0.15) is 11.5 Å². The Morgan fingerprint density at radius 1 is 0.971 bits per heavy atom. The highest BCUT2D eigenvalue weighted by Crippen LogP contribution is 2.37. The highest BCUT2D eigenvalue weighted by molar-refractivity contribution is 7.90. The molecule has 4 rings (SSSR count). The van der Waals surface area contributed by atoms with E-state index in [9.17, 15) is 21.6 Å². The molecule has 3 aromatic carbocycles. The molecule has 4 aromatic rings. The summed E-state index contributed by atoms with van der Waals surface area (Å²) in [4.78, 5) is 7.82. The number of hydrogen-bond acceptors (Lipinski definition) is 3.